The van der Waals surface area contributed by atoms with Crippen molar-refractivity contribution in [3.05, 3.63) is 76.8 Å². The van der Waals surface area contributed by atoms with E-state index in [9.17, 15) is 4.79 Å². The van der Waals surface area contributed by atoms with Crippen molar-refractivity contribution >= 4 is 39.6 Å². The number of hydrogen-bond acceptors (Lipinski definition) is 3. The van der Waals surface area contributed by atoms with E-state index in [0.29, 0.717) is 6.42 Å². The molecule has 3 heteroatoms. The highest BCUT2D eigenvalue weighted by Crippen LogP contribution is 2.52. The summed E-state index contributed by atoms with van der Waals surface area (Å²) in [5, 5.41) is 3.52. The van der Waals surface area contributed by atoms with E-state index in [-0.39, 0.29) is 5.78 Å². The molecule has 1 heterocycles. The molecule has 0 N–H and O–H groups in total. The second kappa shape index (κ2) is 4.99. The van der Waals surface area contributed by atoms with Crippen molar-refractivity contribution in [2.75, 3.05) is 11.9 Å². The highest BCUT2D eigenvalue weighted by atomic mass is 32.2. The minimum absolute atomic E-state index is 0.225. The molecular formula is C21H15NOS. The maximum absolute atomic E-state index is 12.7. The smallest absolute Gasteiger partial charge is 0.170 e. The van der Waals surface area contributed by atoms with Crippen LogP contribution in [-0.2, 0) is 11.2 Å². The predicted molar refractivity (Wildman–Crippen MR) is 100 cm³/mol. The molecule has 0 radical (unpaired) electrons. The van der Waals surface area contributed by atoms with Crippen LogP contribution in [0.25, 0.3) is 16.3 Å². The molecule has 2 nitrogen and oxygen atoms in total. The van der Waals surface area contributed by atoms with E-state index in [1.807, 2.05) is 12.1 Å². The fourth-order valence-electron chi connectivity index (χ4n) is 3.72. The van der Waals surface area contributed by atoms with Crippen molar-refractivity contribution in [3.8, 4) is 0 Å². The number of anilines is 1. The third-order valence-corrected chi connectivity index (χ3v) is 6.06. The maximum atomic E-state index is 12.7. The number of thioether (sulfide) groups is 1. The summed E-state index contributed by atoms with van der Waals surface area (Å²) in [6, 6.07) is 20.9. The molecule has 0 fully saturated rings. The van der Waals surface area contributed by atoms with Gasteiger partial charge in [-0.05, 0) is 22.6 Å². The Morgan fingerprint density at radius 1 is 0.958 bits per heavy atom. The van der Waals surface area contributed by atoms with Gasteiger partial charge in [0.15, 0.2) is 5.78 Å². The molecule has 3 aromatic rings. The van der Waals surface area contributed by atoms with E-state index in [2.05, 4.69) is 60.5 Å². The lowest BCUT2D eigenvalue weighted by molar-refractivity contribution is -0.112. The zero-order valence-corrected chi connectivity index (χ0v) is 14.1. The quantitative estimate of drug-likeness (QED) is 0.549. The Morgan fingerprint density at radius 3 is 2.67 bits per heavy atom. The number of fused-ring (bicyclic) bond motifs is 4. The first kappa shape index (κ1) is 13.9. The maximum Gasteiger partial charge on any atom is 0.170 e. The molecular weight excluding hydrogens is 314 g/mol. The van der Waals surface area contributed by atoms with E-state index in [1.165, 1.54) is 21.4 Å². The normalized spacial score (nSPS) is 19.0. The number of ketones is 1. The van der Waals surface area contributed by atoms with Crippen molar-refractivity contribution in [3.63, 3.8) is 0 Å². The highest BCUT2D eigenvalue weighted by Gasteiger charge is 2.33. The average Bonchev–Trinajstić information content (AvgIpc) is 3.11. The molecule has 0 amide bonds. The van der Waals surface area contributed by atoms with Gasteiger partial charge in [0.1, 0.15) is 0 Å². The lowest BCUT2D eigenvalue weighted by Crippen LogP contribution is -2.13. The molecule has 0 saturated heterocycles. The van der Waals surface area contributed by atoms with Gasteiger partial charge in [-0.15, -0.1) is 0 Å². The highest BCUT2D eigenvalue weighted by molar-refractivity contribution is 8.04. The van der Waals surface area contributed by atoms with Gasteiger partial charge in [-0.3, -0.25) is 4.79 Å². The molecule has 0 bridgehead atoms. The Kier molecular flexibility index (Phi) is 2.88. The van der Waals surface area contributed by atoms with Crippen LogP contribution in [0, 0.1) is 0 Å². The van der Waals surface area contributed by atoms with Crippen LogP contribution < -0.4 is 4.90 Å². The van der Waals surface area contributed by atoms with Crippen LogP contribution in [0.1, 0.15) is 11.1 Å². The molecule has 0 saturated carbocycles. The fourth-order valence-corrected chi connectivity index (χ4v) is 4.96. The van der Waals surface area contributed by atoms with Crippen LogP contribution >= 0.6 is 11.8 Å². The summed E-state index contributed by atoms with van der Waals surface area (Å²) >= 11 is 1.71. The number of rotatable bonds is 0. The zero-order chi connectivity index (χ0) is 16.3. The Morgan fingerprint density at radius 2 is 1.75 bits per heavy atom. The summed E-state index contributed by atoms with van der Waals surface area (Å²) in [5.74, 6) is 0.225. The third-order valence-electron chi connectivity index (χ3n) is 4.84. The third kappa shape index (κ3) is 1.82. The molecule has 0 unspecified atom stereocenters. The monoisotopic (exact) mass is 329 g/mol. The molecule has 0 atom stereocenters. The standard InChI is InChI=1S/C21H15NOS/c1-22-20-16-9-5-2-6-13(16)10-11-18(20)24-21(22)19-15-8-4-3-7-14(15)12-17(19)23/h2-11H,12H2,1H3. The number of benzene rings is 3. The molecule has 2 aliphatic rings. The Labute approximate surface area is 144 Å². The van der Waals surface area contributed by atoms with Gasteiger partial charge in [-0.2, -0.15) is 0 Å². The number of carbonyl (C=O) groups is 1. The van der Waals surface area contributed by atoms with Gasteiger partial charge in [0.05, 0.1) is 16.3 Å². The van der Waals surface area contributed by atoms with Gasteiger partial charge < -0.3 is 4.90 Å². The molecule has 0 spiro atoms. The molecule has 3 aromatic carbocycles. The summed E-state index contributed by atoms with van der Waals surface area (Å²) in [6.07, 6.45) is 0.514. The van der Waals surface area contributed by atoms with E-state index in [4.69, 9.17) is 0 Å². The van der Waals surface area contributed by atoms with Crippen LogP contribution in [-0.4, -0.2) is 12.8 Å². The minimum atomic E-state index is 0.225. The van der Waals surface area contributed by atoms with Gasteiger partial charge >= 0.3 is 0 Å². The molecule has 5 rings (SSSR count). The van der Waals surface area contributed by atoms with Crippen LogP contribution in [0.15, 0.2) is 70.6 Å². The Balaban J connectivity index is 1.75. The first-order chi connectivity index (χ1) is 11.7. The van der Waals surface area contributed by atoms with E-state index < -0.39 is 0 Å². The number of nitrogens with zero attached hydrogens (tertiary/aromatic N) is 1. The van der Waals surface area contributed by atoms with Crippen molar-refractivity contribution in [1.29, 1.82) is 0 Å². The number of carbonyl (C=O) groups excluding carboxylic acids is 1. The Hall–Kier alpha value is -2.52. The van der Waals surface area contributed by atoms with E-state index in [1.54, 1.807) is 11.8 Å². The summed E-state index contributed by atoms with van der Waals surface area (Å²) in [5.41, 5.74) is 4.31. The van der Waals surface area contributed by atoms with Crippen LogP contribution in [0.2, 0.25) is 0 Å². The van der Waals surface area contributed by atoms with Gasteiger partial charge in [0, 0.05) is 23.8 Å². The zero-order valence-electron chi connectivity index (χ0n) is 13.2. The van der Waals surface area contributed by atoms with Crippen molar-refractivity contribution in [2.45, 2.75) is 11.3 Å². The minimum Gasteiger partial charge on any atom is -0.337 e. The molecule has 116 valence electrons. The second-order valence-corrected chi connectivity index (χ2v) is 7.26. The lowest BCUT2D eigenvalue weighted by atomic mass is 10.1. The summed E-state index contributed by atoms with van der Waals surface area (Å²) in [7, 11) is 2.07. The first-order valence-corrected chi connectivity index (χ1v) is 8.85. The van der Waals surface area contributed by atoms with Crippen molar-refractivity contribution in [2.24, 2.45) is 0 Å². The second-order valence-electron chi connectivity index (χ2n) is 6.23. The number of allylic oxidation sites excluding steroid dienone is 1. The topological polar surface area (TPSA) is 20.3 Å². The van der Waals surface area contributed by atoms with E-state index >= 15 is 0 Å². The summed E-state index contributed by atoms with van der Waals surface area (Å²) in [4.78, 5) is 16.1. The van der Waals surface area contributed by atoms with Crippen molar-refractivity contribution in [1.82, 2.24) is 0 Å². The van der Waals surface area contributed by atoms with Crippen LogP contribution in [0.4, 0.5) is 5.69 Å². The van der Waals surface area contributed by atoms with Crippen LogP contribution in [0.5, 0.6) is 0 Å². The number of Topliss-reactive ketones (excluding diaryl/α,β-unsaturated/α-hetero) is 1. The lowest BCUT2D eigenvalue weighted by Gasteiger charge is -2.17. The SMILES string of the molecule is CN1C(=C2C(=O)Cc3ccccc32)Sc2ccc3ccccc3c21. The fraction of sp³-hybridized carbons (Fsp3) is 0.0952. The summed E-state index contributed by atoms with van der Waals surface area (Å²) < 4.78 is 0. The van der Waals surface area contributed by atoms with Crippen molar-refractivity contribution < 1.29 is 4.79 Å². The van der Waals surface area contributed by atoms with Crippen LogP contribution in [0.3, 0.4) is 0 Å². The van der Waals surface area contributed by atoms with Gasteiger partial charge in [-0.25, -0.2) is 0 Å². The van der Waals surface area contributed by atoms with Gasteiger partial charge in [0.25, 0.3) is 0 Å². The molecule has 0 aromatic heterocycles. The predicted octanol–water partition coefficient (Wildman–Crippen LogP) is 4.88. The largest absolute Gasteiger partial charge is 0.337 e. The molecule has 24 heavy (non-hydrogen) atoms. The van der Waals surface area contributed by atoms with E-state index in [0.717, 1.165) is 21.7 Å². The van der Waals surface area contributed by atoms with Gasteiger partial charge in [0.2, 0.25) is 0 Å². The molecule has 1 aliphatic heterocycles. The first-order valence-electron chi connectivity index (χ1n) is 8.03. The number of hydrogen-bond donors (Lipinski definition) is 0. The van der Waals surface area contributed by atoms with Gasteiger partial charge in [-0.1, -0.05) is 66.4 Å². The molecule has 1 aliphatic carbocycles. The average molecular weight is 329 g/mol. The summed E-state index contributed by atoms with van der Waals surface area (Å²) in [6.45, 7) is 0. The Bertz CT molecular complexity index is 1050.